The Bertz CT molecular complexity index is 578. The predicted molar refractivity (Wildman–Crippen MR) is 74.9 cm³/mol. The Kier molecular flexibility index (Phi) is 4.20. The van der Waals surface area contributed by atoms with E-state index in [1.54, 1.807) is 7.11 Å². The fourth-order valence-electron chi connectivity index (χ4n) is 1.97. The molecule has 4 heteroatoms. The first kappa shape index (κ1) is 14.0. The van der Waals surface area contributed by atoms with Crippen LogP contribution in [0.5, 0.6) is 5.75 Å². The van der Waals surface area contributed by atoms with E-state index in [-0.39, 0.29) is 4.83 Å². The summed E-state index contributed by atoms with van der Waals surface area (Å²) >= 11 is 3.47. The molecule has 0 aromatic heterocycles. The molecule has 0 amide bonds. The van der Waals surface area contributed by atoms with E-state index in [4.69, 9.17) is 4.74 Å². The number of halogens is 3. The van der Waals surface area contributed by atoms with Crippen LogP contribution in [0.2, 0.25) is 0 Å². The van der Waals surface area contributed by atoms with Crippen LogP contribution in [0.3, 0.4) is 0 Å². The molecule has 2 aromatic rings. The number of benzene rings is 2. The highest BCUT2D eigenvalue weighted by Crippen LogP contribution is 2.33. The standard InChI is InChI=1S/C15H13BrF2O/c1-9-5-10(3-4-14(9)19-2)15(16)11-6-12(17)8-13(18)7-11/h3-8,15H,1-2H3. The highest BCUT2D eigenvalue weighted by Gasteiger charge is 2.14. The van der Waals surface area contributed by atoms with Crippen LogP contribution in [0.1, 0.15) is 21.5 Å². The summed E-state index contributed by atoms with van der Waals surface area (Å²) in [4.78, 5) is -0.262. The van der Waals surface area contributed by atoms with Crippen LogP contribution in [-0.2, 0) is 0 Å². The largest absolute Gasteiger partial charge is 0.496 e. The minimum Gasteiger partial charge on any atom is -0.496 e. The second-order valence-electron chi connectivity index (χ2n) is 4.29. The number of methoxy groups -OCH3 is 1. The Balaban J connectivity index is 2.38. The molecule has 0 aliphatic rings. The molecule has 2 aromatic carbocycles. The van der Waals surface area contributed by atoms with E-state index in [9.17, 15) is 8.78 Å². The van der Waals surface area contributed by atoms with Crippen LogP contribution < -0.4 is 4.74 Å². The van der Waals surface area contributed by atoms with Gasteiger partial charge in [-0.3, -0.25) is 0 Å². The Morgan fingerprint density at radius 3 is 2.16 bits per heavy atom. The van der Waals surface area contributed by atoms with Crippen LogP contribution in [-0.4, -0.2) is 7.11 Å². The van der Waals surface area contributed by atoms with E-state index in [1.165, 1.54) is 12.1 Å². The van der Waals surface area contributed by atoms with E-state index in [2.05, 4.69) is 15.9 Å². The minimum atomic E-state index is -0.579. The number of aryl methyl sites for hydroxylation is 1. The number of ether oxygens (including phenoxy) is 1. The molecule has 19 heavy (non-hydrogen) atoms. The van der Waals surface area contributed by atoms with Gasteiger partial charge in [0.25, 0.3) is 0 Å². The van der Waals surface area contributed by atoms with Crippen molar-refractivity contribution in [3.8, 4) is 5.75 Å². The fraction of sp³-hybridized carbons (Fsp3) is 0.200. The summed E-state index contributed by atoms with van der Waals surface area (Å²) in [5.74, 6) is -0.372. The number of hydrogen-bond donors (Lipinski definition) is 0. The number of hydrogen-bond acceptors (Lipinski definition) is 1. The van der Waals surface area contributed by atoms with Crippen molar-refractivity contribution in [3.05, 3.63) is 64.7 Å². The van der Waals surface area contributed by atoms with Crippen molar-refractivity contribution in [2.24, 2.45) is 0 Å². The molecule has 0 radical (unpaired) electrons. The maximum Gasteiger partial charge on any atom is 0.126 e. The van der Waals surface area contributed by atoms with Gasteiger partial charge in [-0.15, -0.1) is 0 Å². The molecular weight excluding hydrogens is 314 g/mol. The van der Waals surface area contributed by atoms with Gasteiger partial charge in [-0.1, -0.05) is 28.1 Å². The van der Waals surface area contributed by atoms with Crippen LogP contribution in [0.4, 0.5) is 8.78 Å². The van der Waals surface area contributed by atoms with Crippen LogP contribution in [0.25, 0.3) is 0 Å². The predicted octanol–water partition coefficient (Wildman–Crippen LogP) is 4.77. The molecule has 1 nitrogen and oxygen atoms in total. The summed E-state index contributed by atoms with van der Waals surface area (Å²) in [7, 11) is 1.61. The molecule has 1 atom stereocenters. The van der Waals surface area contributed by atoms with Gasteiger partial charge in [-0.05, 0) is 41.8 Å². The molecule has 2 rings (SSSR count). The van der Waals surface area contributed by atoms with Gasteiger partial charge in [0.1, 0.15) is 17.4 Å². The molecule has 100 valence electrons. The molecule has 0 N–H and O–H groups in total. The summed E-state index contributed by atoms with van der Waals surface area (Å²) in [6.07, 6.45) is 0. The average molecular weight is 327 g/mol. The zero-order valence-corrected chi connectivity index (χ0v) is 12.2. The van der Waals surface area contributed by atoms with Crippen LogP contribution in [0.15, 0.2) is 36.4 Å². The van der Waals surface area contributed by atoms with Gasteiger partial charge < -0.3 is 4.74 Å². The molecule has 0 spiro atoms. The van der Waals surface area contributed by atoms with Gasteiger partial charge in [0.05, 0.1) is 11.9 Å². The Morgan fingerprint density at radius 1 is 1.00 bits per heavy atom. The molecule has 0 aliphatic heterocycles. The maximum atomic E-state index is 13.2. The lowest BCUT2D eigenvalue weighted by Gasteiger charge is -2.13. The smallest absolute Gasteiger partial charge is 0.126 e. The summed E-state index contributed by atoms with van der Waals surface area (Å²) in [6.45, 7) is 1.92. The normalized spacial score (nSPS) is 12.3. The molecule has 0 bridgehead atoms. The number of rotatable bonds is 3. The Morgan fingerprint density at radius 2 is 1.63 bits per heavy atom. The van der Waals surface area contributed by atoms with Crippen molar-refractivity contribution in [1.82, 2.24) is 0 Å². The maximum absolute atomic E-state index is 13.2. The van der Waals surface area contributed by atoms with Gasteiger partial charge >= 0.3 is 0 Å². The summed E-state index contributed by atoms with van der Waals surface area (Å²) < 4.78 is 31.6. The molecule has 0 fully saturated rings. The monoisotopic (exact) mass is 326 g/mol. The highest BCUT2D eigenvalue weighted by molar-refractivity contribution is 9.09. The minimum absolute atomic E-state index is 0.262. The second kappa shape index (κ2) is 5.70. The quantitative estimate of drug-likeness (QED) is 0.738. The summed E-state index contributed by atoms with van der Waals surface area (Å²) in [5, 5.41) is 0. The molecule has 1 unspecified atom stereocenters. The Labute approximate surface area is 119 Å². The summed E-state index contributed by atoms with van der Waals surface area (Å²) in [6, 6.07) is 9.15. The Hall–Kier alpha value is -1.42. The van der Waals surface area contributed by atoms with E-state index in [0.717, 1.165) is 22.9 Å². The van der Waals surface area contributed by atoms with Gasteiger partial charge in [-0.2, -0.15) is 0 Å². The van der Waals surface area contributed by atoms with Crippen molar-refractivity contribution in [3.63, 3.8) is 0 Å². The van der Waals surface area contributed by atoms with E-state index >= 15 is 0 Å². The highest BCUT2D eigenvalue weighted by atomic mass is 79.9. The van der Waals surface area contributed by atoms with Crippen molar-refractivity contribution in [2.45, 2.75) is 11.8 Å². The fourth-order valence-corrected chi connectivity index (χ4v) is 2.52. The van der Waals surface area contributed by atoms with E-state index < -0.39 is 11.6 Å². The lowest BCUT2D eigenvalue weighted by molar-refractivity contribution is 0.411. The first-order chi connectivity index (χ1) is 9.01. The van der Waals surface area contributed by atoms with Crippen LogP contribution >= 0.6 is 15.9 Å². The third kappa shape index (κ3) is 3.13. The lowest BCUT2D eigenvalue weighted by Crippen LogP contribution is -1.97. The second-order valence-corrected chi connectivity index (χ2v) is 5.21. The van der Waals surface area contributed by atoms with Crippen LogP contribution in [0, 0.1) is 18.6 Å². The first-order valence-electron chi connectivity index (χ1n) is 5.76. The molecule has 0 heterocycles. The van der Waals surface area contributed by atoms with Crippen molar-refractivity contribution in [1.29, 1.82) is 0 Å². The van der Waals surface area contributed by atoms with Crippen molar-refractivity contribution < 1.29 is 13.5 Å². The average Bonchev–Trinajstić information content (AvgIpc) is 2.36. The molecule has 0 aliphatic carbocycles. The third-order valence-corrected chi connectivity index (χ3v) is 3.95. The van der Waals surface area contributed by atoms with Crippen molar-refractivity contribution in [2.75, 3.05) is 7.11 Å². The van der Waals surface area contributed by atoms with Gasteiger partial charge in [-0.25, -0.2) is 8.78 Å². The topological polar surface area (TPSA) is 9.23 Å². The molecular formula is C15H13BrF2O. The van der Waals surface area contributed by atoms with Gasteiger partial charge in [0.2, 0.25) is 0 Å². The number of alkyl halides is 1. The molecule has 0 saturated heterocycles. The van der Waals surface area contributed by atoms with E-state index in [1.807, 2.05) is 25.1 Å². The summed E-state index contributed by atoms with van der Waals surface area (Å²) in [5.41, 5.74) is 2.44. The zero-order valence-electron chi connectivity index (χ0n) is 10.6. The lowest BCUT2D eigenvalue weighted by atomic mass is 10.0. The SMILES string of the molecule is COc1ccc(C(Br)c2cc(F)cc(F)c2)cc1C. The molecule has 0 saturated carbocycles. The van der Waals surface area contributed by atoms with E-state index in [0.29, 0.717) is 5.56 Å². The zero-order chi connectivity index (χ0) is 14.0. The third-order valence-electron chi connectivity index (χ3n) is 2.89. The van der Waals surface area contributed by atoms with Gasteiger partial charge in [0, 0.05) is 6.07 Å². The first-order valence-corrected chi connectivity index (χ1v) is 6.67. The van der Waals surface area contributed by atoms with Crippen molar-refractivity contribution >= 4 is 15.9 Å². The van der Waals surface area contributed by atoms with Gasteiger partial charge in [0.15, 0.2) is 0 Å².